The molecule has 1 fully saturated rings. The zero-order valence-electron chi connectivity index (χ0n) is 8.28. The summed E-state index contributed by atoms with van der Waals surface area (Å²) < 4.78 is 0. The molecule has 2 N–H and O–H groups in total. The van der Waals surface area contributed by atoms with Gasteiger partial charge in [0.1, 0.15) is 0 Å². The van der Waals surface area contributed by atoms with E-state index >= 15 is 0 Å². The second kappa shape index (κ2) is 4.80. The molecule has 1 aliphatic carbocycles. The van der Waals surface area contributed by atoms with Gasteiger partial charge < -0.3 is 10.4 Å². The molecule has 0 aliphatic heterocycles. The summed E-state index contributed by atoms with van der Waals surface area (Å²) in [6, 6.07) is 2.33. The van der Waals surface area contributed by atoms with Gasteiger partial charge in [-0.3, -0.25) is 0 Å². The van der Waals surface area contributed by atoms with Gasteiger partial charge in [0.05, 0.1) is 12.1 Å². The fourth-order valence-corrected chi connectivity index (χ4v) is 2.61. The van der Waals surface area contributed by atoms with Crippen molar-refractivity contribution < 1.29 is 5.11 Å². The molecule has 0 radical (unpaired) electrons. The molecular weight excluding hydrogens is 194 g/mol. The zero-order valence-corrected chi connectivity index (χ0v) is 9.09. The van der Waals surface area contributed by atoms with Gasteiger partial charge in [0.2, 0.25) is 0 Å². The molecule has 3 heteroatoms. The van der Waals surface area contributed by atoms with Gasteiger partial charge in [0.15, 0.2) is 0 Å². The number of aliphatic hydroxyl groups excluding tert-OH is 1. The van der Waals surface area contributed by atoms with Gasteiger partial charge in [-0.25, -0.2) is 0 Å². The van der Waals surface area contributed by atoms with Gasteiger partial charge in [0, 0.05) is 11.1 Å². The van der Waals surface area contributed by atoms with Crippen LogP contribution >= 0.6 is 11.3 Å². The Kier molecular flexibility index (Phi) is 3.43. The highest BCUT2D eigenvalue weighted by Gasteiger charge is 2.21. The van der Waals surface area contributed by atoms with E-state index in [2.05, 4.69) is 22.1 Å². The molecule has 1 aromatic heterocycles. The summed E-state index contributed by atoms with van der Waals surface area (Å²) in [4.78, 5) is 0. The third-order valence-electron chi connectivity index (χ3n) is 2.85. The number of hydrogen-bond acceptors (Lipinski definition) is 3. The standard InChI is InChI=1S/C11H17NOS/c13-11-5-3-1-2-4-10(11)12-9-6-7-14-8-9/h6-8,10-13H,1-5H2. The first-order valence-electron chi connectivity index (χ1n) is 5.33. The fourth-order valence-electron chi connectivity index (χ4n) is 2.02. The van der Waals surface area contributed by atoms with Gasteiger partial charge in [-0.15, -0.1) is 0 Å². The monoisotopic (exact) mass is 211 g/mol. The minimum absolute atomic E-state index is 0.169. The van der Waals surface area contributed by atoms with Crippen LogP contribution in [0, 0.1) is 0 Å². The molecule has 1 aromatic rings. The summed E-state index contributed by atoms with van der Waals surface area (Å²) in [7, 11) is 0. The van der Waals surface area contributed by atoms with Crippen molar-refractivity contribution in [3.63, 3.8) is 0 Å². The van der Waals surface area contributed by atoms with Crippen LogP contribution in [0.25, 0.3) is 0 Å². The minimum atomic E-state index is -0.169. The predicted octanol–water partition coefficient (Wildman–Crippen LogP) is 2.85. The molecule has 2 nitrogen and oxygen atoms in total. The SMILES string of the molecule is OC1CCCCCC1Nc1ccsc1. The van der Waals surface area contributed by atoms with Crippen LogP contribution in [0.4, 0.5) is 5.69 Å². The lowest BCUT2D eigenvalue weighted by molar-refractivity contribution is 0.144. The van der Waals surface area contributed by atoms with Crippen LogP contribution in [-0.4, -0.2) is 17.3 Å². The van der Waals surface area contributed by atoms with Crippen molar-refractivity contribution in [2.75, 3.05) is 5.32 Å². The Balaban J connectivity index is 1.94. The number of rotatable bonds is 2. The normalized spacial score (nSPS) is 28.4. The first kappa shape index (κ1) is 9.99. The van der Waals surface area contributed by atoms with Crippen molar-refractivity contribution in [1.29, 1.82) is 0 Å². The minimum Gasteiger partial charge on any atom is -0.391 e. The molecule has 1 saturated carbocycles. The molecular formula is C11H17NOS. The molecule has 14 heavy (non-hydrogen) atoms. The van der Waals surface area contributed by atoms with Crippen LogP contribution in [0.15, 0.2) is 16.8 Å². The summed E-state index contributed by atoms with van der Waals surface area (Å²) in [5, 5.41) is 17.5. The van der Waals surface area contributed by atoms with Crippen LogP contribution in [0.3, 0.4) is 0 Å². The van der Waals surface area contributed by atoms with Gasteiger partial charge in [-0.05, 0) is 24.3 Å². The van der Waals surface area contributed by atoms with Crippen LogP contribution < -0.4 is 5.32 Å². The van der Waals surface area contributed by atoms with E-state index in [0.717, 1.165) is 18.5 Å². The third-order valence-corrected chi connectivity index (χ3v) is 3.54. The maximum absolute atomic E-state index is 9.89. The maximum atomic E-state index is 9.89. The number of hydrogen-bond donors (Lipinski definition) is 2. The van der Waals surface area contributed by atoms with Crippen molar-refractivity contribution in [3.05, 3.63) is 16.8 Å². The first-order valence-corrected chi connectivity index (χ1v) is 6.27. The Morgan fingerprint density at radius 1 is 1.29 bits per heavy atom. The molecule has 78 valence electrons. The second-order valence-electron chi connectivity index (χ2n) is 3.97. The fraction of sp³-hybridized carbons (Fsp3) is 0.636. The number of nitrogens with one attached hydrogen (secondary N) is 1. The number of thiophene rings is 1. The predicted molar refractivity (Wildman–Crippen MR) is 60.8 cm³/mol. The van der Waals surface area contributed by atoms with E-state index in [9.17, 15) is 5.11 Å². The molecule has 0 spiro atoms. The molecule has 2 rings (SSSR count). The Bertz CT molecular complexity index is 260. The number of anilines is 1. The Morgan fingerprint density at radius 3 is 2.93 bits per heavy atom. The van der Waals surface area contributed by atoms with E-state index in [1.165, 1.54) is 19.3 Å². The molecule has 0 amide bonds. The van der Waals surface area contributed by atoms with E-state index in [4.69, 9.17) is 0 Å². The molecule has 0 saturated heterocycles. The van der Waals surface area contributed by atoms with E-state index in [-0.39, 0.29) is 12.1 Å². The average Bonchev–Trinajstić information content (AvgIpc) is 2.60. The van der Waals surface area contributed by atoms with Crippen molar-refractivity contribution in [2.45, 2.75) is 44.2 Å². The van der Waals surface area contributed by atoms with Gasteiger partial charge in [0.25, 0.3) is 0 Å². The summed E-state index contributed by atoms with van der Waals surface area (Å²) in [5.41, 5.74) is 1.15. The Hall–Kier alpha value is -0.540. The topological polar surface area (TPSA) is 32.3 Å². The first-order chi connectivity index (χ1) is 6.86. The maximum Gasteiger partial charge on any atom is 0.0741 e. The largest absolute Gasteiger partial charge is 0.391 e. The van der Waals surface area contributed by atoms with Crippen molar-refractivity contribution in [1.82, 2.24) is 0 Å². The van der Waals surface area contributed by atoms with Crippen LogP contribution in [0.1, 0.15) is 32.1 Å². The van der Waals surface area contributed by atoms with Gasteiger partial charge >= 0.3 is 0 Å². The summed E-state index contributed by atoms with van der Waals surface area (Å²) in [6.45, 7) is 0. The number of aliphatic hydroxyl groups is 1. The van der Waals surface area contributed by atoms with E-state index in [1.807, 2.05) is 0 Å². The van der Waals surface area contributed by atoms with Gasteiger partial charge in [-0.1, -0.05) is 19.3 Å². The summed E-state index contributed by atoms with van der Waals surface area (Å²) >= 11 is 1.69. The summed E-state index contributed by atoms with van der Waals surface area (Å²) in [5.74, 6) is 0. The van der Waals surface area contributed by atoms with E-state index in [1.54, 1.807) is 11.3 Å². The Labute approximate surface area is 89.0 Å². The lowest BCUT2D eigenvalue weighted by Crippen LogP contribution is -2.32. The average molecular weight is 211 g/mol. The quantitative estimate of drug-likeness (QED) is 0.737. The lowest BCUT2D eigenvalue weighted by atomic mass is 10.1. The molecule has 1 aliphatic rings. The molecule has 2 unspecified atom stereocenters. The van der Waals surface area contributed by atoms with Crippen molar-refractivity contribution in [2.24, 2.45) is 0 Å². The third kappa shape index (κ3) is 2.49. The van der Waals surface area contributed by atoms with Crippen LogP contribution in [0.5, 0.6) is 0 Å². The van der Waals surface area contributed by atoms with Crippen molar-refractivity contribution >= 4 is 17.0 Å². The molecule has 2 atom stereocenters. The highest BCUT2D eigenvalue weighted by molar-refractivity contribution is 7.08. The second-order valence-corrected chi connectivity index (χ2v) is 4.75. The van der Waals surface area contributed by atoms with E-state index < -0.39 is 0 Å². The molecule has 1 heterocycles. The highest BCUT2D eigenvalue weighted by atomic mass is 32.1. The van der Waals surface area contributed by atoms with Crippen molar-refractivity contribution in [3.8, 4) is 0 Å². The van der Waals surface area contributed by atoms with Crippen LogP contribution in [0.2, 0.25) is 0 Å². The highest BCUT2D eigenvalue weighted by Crippen LogP contribution is 2.22. The smallest absolute Gasteiger partial charge is 0.0741 e. The molecule has 0 aromatic carbocycles. The Morgan fingerprint density at radius 2 is 2.14 bits per heavy atom. The van der Waals surface area contributed by atoms with E-state index in [0.29, 0.717) is 0 Å². The zero-order chi connectivity index (χ0) is 9.80. The lowest BCUT2D eigenvalue weighted by Gasteiger charge is -2.22. The van der Waals surface area contributed by atoms with Crippen LogP contribution in [-0.2, 0) is 0 Å². The van der Waals surface area contributed by atoms with Gasteiger partial charge in [-0.2, -0.15) is 11.3 Å². The summed E-state index contributed by atoms with van der Waals surface area (Å²) in [6.07, 6.45) is 5.54. The molecule has 0 bridgehead atoms.